The van der Waals surface area contributed by atoms with Gasteiger partial charge in [-0.3, -0.25) is 4.79 Å². The highest BCUT2D eigenvalue weighted by Crippen LogP contribution is 2.29. The van der Waals surface area contributed by atoms with Crippen LogP contribution in [0.5, 0.6) is 11.5 Å². The van der Waals surface area contributed by atoms with Crippen LogP contribution in [0.3, 0.4) is 0 Å². The third-order valence-corrected chi connectivity index (χ3v) is 3.28. The van der Waals surface area contributed by atoms with Gasteiger partial charge in [0.15, 0.2) is 11.5 Å². The summed E-state index contributed by atoms with van der Waals surface area (Å²) in [6.45, 7) is 0.114. The molecule has 0 saturated carbocycles. The van der Waals surface area contributed by atoms with Gasteiger partial charge >= 0.3 is 0 Å². The zero-order valence-corrected chi connectivity index (χ0v) is 12.6. The third kappa shape index (κ3) is 3.77. The molecule has 2 aromatic rings. The number of nitrogens with one attached hydrogen (secondary N) is 1. The second-order valence-electron chi connectivity index (χ2n) is 4.71. The van der Waals surface area contributed by atoms with Crippen LogP contribution in [0, 0.1) is 0 Å². The van der Waals surface area contributed by atoms with Crippen molar-refractivity contribution in [3.63, 3.8) is 0 Å². The number of carbonyl (C=O) groups excluding carboxylic acids is 1. The minimum absolute atomic E-state index is 0.114. The van der Waals surface area contributed by atoms with Gasteiger partial charge < -0.3 is 19.9 Å². The summed E-state index contributed by atoms with van der Waals surface area (Å²) in [4.78, 5) is 11.9. The molecule has 0 spiro atoms. The summed E-state index contributed by atoms with van der Waals surface area (Å²) in [5, 5.41) is 12.9. The number of ether oxygens (including phenoxy) is 2. The van der Waals surface area contributed by atoms with Gasteiger partial charge in [0, 0.05) is 12.1 Å². The van der Waals surface area contributed by atoms with E-state index < -0.39 is 6.10 Å². The summed E-state index contributed by atoms with van der Waals surface area (Å²) in [5.74, 6) is 0.903. The number of carbonyl (C=O) groups is 1. The van der Waals surface area contributed by atoms with E-state index in [9.17, 15) is 9.90 Å². The molecule has 0 fully saturated rings. The van der Waals surface area contributed by atoms with Crippen molar-refractivity contribution < 1.29 is 19.4 Å². The van der Waals surface area contributed by atoms with Gasteiger partial charge in [0.1, 0.15) is 0 Å². The van der Waals surface area contributed by atoms with Gasteiger partial charge in [-0.25, -0.2) is 0 Å². The molecule has 1 amide bonds. The van der Waals surface area contributed by atoms with E-state index in [1.54, 1.807) is 49.6 Å². The maximum absolute atomic E-state index is 11.9. The molecule has 2 aromatic carbocycles. The molecular weight excluding hydrogens is 282 g/mol. The molecule has 0 aliphatic carbocycles. The van der Waals surface area contributed by atoms with Gasteiger partial charge in [0.2, 0.25) is 0 Å². The second kappa shape index (κ2) is 7.47. The van der Waals surface area contributed by atoms with Crippen molar-refractivity contribution >= 4 is 5.91 Å². The molecule has 1 atom stereocenters. The third-order valence-electron chi connectivity index (χ3n) is 3.28. The standard InChI is InChI=1S/C17H19NO4/c1-21-15-9-8-13(10-16(15)22-2)14(19)11-18-17(20)12-6-4-3-5-7-12/h3-10,14,19H,11H2,1-2H3,(H,18,20)/t14-/m0/s1. The van der Waals surface area contributed by atoms with Crippen molar-refractivity contribution in [3.05, 3.63) is 59.7 Å². The Morgan fingerprint density at radius 2 is 1.77 bits per heavy atom. The fourth-order valence-corrected chi connectivity index (χ4v) is 2.06. The van der Waals surface area contributed by atoms with Crippen LogP contribution in [0.15, 0.2) is 48.5 Å². The van der Waals surface area contributed by atoms with E-state index in [1.165, 1.54) is 7.11 Å². The first kappa shape index (κ1) is 15.9. The highest BCUT2D eigenvalue weighted by molar-refractivity contribution is 5.94. The number of methoxy groups -OCH3 is 2. The maximum Gasteiger partial charge on any atom is 0.251 e. The Kier molecular flexibility index (Phi) is 5.38. The zero-order chi connectivity index (χ0) is 15.9. The maximum atomic E-state index is 11.9. The zero-order valence-electron chi connectivity index (χ0n) is 12.6. The van der Waals surface area contributed by atoms with Crippen molar-refractivity contribution in [3.8, 4) is 11.5 Å². The molecule has 2 N–H and O–H groups in total. The van der Waals surface area contributed by atoms with Crippen LogP contribution in [0.2, 0.25) is 0 Å². The van der Waals surface area contributed by atoms with Crippen LogP contribution in [-0.4, -0.2) is 31.8 Å². The number of aliphatic hydroxyl groups is 1. The normalized spacial score (nSPS) is 11.6. The predicted molar refractivity (Wildman–Crippen MR) is 83.3 cm³/mol. The summed E-state index contributed by atoms with van der Waals surface area (Å²) >= 11 is 0. The van der Waals surface area contributed by atoms with Crippen LogP contribution in [0.1, 0.15) is 22.0 Å². The molecule has 5 heteroatoms. The molecule has 22 heavy (non-hydrogen) atoms. The van der Waals surface area contributed by atoms with E-state index in [1.807, 2.05) is 6.07 Å². The lowest BCUT2D eigenvalue weighted by Crippen LogP contribution is -2.28. The summed E-state index contributed by atoms with van der Waals surface area (Å²) in [5.41, 5.74) is 1.20. The van der Waals surface area contributed by atoms with E-state index in [-0.39, 0.29) is 12.5 Å². The number of rotatable bonds is 6. The number of aliphatic hydroxyl groups excluding tert-OH is 1. The molecule has 2 rings (SSSR count). The van der Waals surface area contributed by atoms with Gasteiger partial charge in [-0.15, -0.1) is 0 Å². The SMILES string of the molecule is COc1ccc([C@@H](O)CNC(=O)c2ccccc2)cc1OC. The lowest BCUT2D eigenvalue weighted by Gasteiger charge is -2.15. The van der Waals surface area contributed by atoms with Crippen LogP contribution >= 0.6 is 0 Å². The minimum atomic E-state index is -0.826. The average molecular weight is 301 g/mol. The number of amides is 1. The fourth-order valence-electron chi connectivity index (χ4n) is 2.06. The van der Waals surface area contributed by atoms with Crippen LogP contribution in [0.4, 0.5) is 0 Å². The lowest BCUT2D eigenvalue weighted by atomic mass is 10.1. The molecule has 0 aromatic heterocycles. The van der Waals surface area contributed by atoms with E-state index in [4.69, 9.17) is 9.47 Å². The van der Waals surface area contributed by atoms with Crippen molar-refractivity contribution in [1.29, 1.82) is 0 Å². The van der Waals surface area contributed by atoms with Crippen LogP contribution < -0.4 is 14.8 Å². The summed E-state index contributed by atoms with van der Waals surface area (Å²) in [6, 6.07) is 14.0. The topological polar surface area (TPSA) is 67.8 Å². The van der Waals surface area contributed by atoms with E-state index in [0.717, 1.165) is 0 Å². The number of hydrogen-bond acceptors (Lipinski definition) is 4. The van der Waals surface area contributed by atoms with E-state index in [2.05, 4.69) is 5.32 Å². The van der Waals surface area contributed by atoms with Crippen molar-refractivity contribution in [2.45, 2.75) is 6.10 Å². The molecule has 0 radical (unpaired) electrons. The predicted octanol–water partition coefficient (Wildman–Crippen LogP) is 2.17. The van der Waals surface area contributed by atoms with Gasteiger partial charge in [0.05, 0.1) is 20.3 Å². The largest absolute Gasteiger partial charge is 0.493 e. The summed E-state index contributed by atoms with van der Waals surface area (Å²) < 4.78 is 10.3. The molecule has 5 nitrogen and oxygen atoms in total. The quantitative estimate of drug-likeness (QED) is 0.858. The molecule has 116 valence electrons. The number of hydrogen-bond donors (Lipinski definition) is 2. The first-order chi connectivity index (χ1) is 10.7. The molecule has 0 aliphatic rings. The Hall–Kier alpha value is -2.53. The highest BCUT2D eigenvalue weighted by atomic mass is 16.5. The van der Waals surface area contributed by atoms with Gasteiger partial charge in [-0.1, -0.05) is 24.3 Å². The monoisotopic (exact) mass is 301 g/mol. The Morgan fingerprint density at radius 3 is 2.41 bits per heavy atom. The van der Waals surface area contributed by atoms with Gasteiger partial charge in [-0.2, -0.15) is 0 Å². The Labute approximate surface area is 129 Å². The summed E-state index contributed by atoms with van der Waals surface area (Å²) in [6.07, 6.45) is -0.826. The smallest absolute Gasteiger partial charge is 0.251 e. The van der Waals surface area contributed by atoms with E-state index >= 15 is 0 Å². The fraction of sp³-hybridized carbons (Fsp3) is 0.235. The molecule has 0 bridgehead atoms. The van der Waals surface area contributed by atoms with Gasteiger partial charge in [-0.05, 0) is 29.8 Å². The minimum Gasteiger partial charge on any atom is -0.493 e. The lowest BCUT2D eigenvalue weighted by molar-refractivity contribution is 0.0916. The van der Waals surface area contributed by atoms with Gasteiger partial charge in [0.25, 0.3) is 5.91 Å². The first-order valence-electron chi connectivity index (χ1n) is 6.89. The van der Waals surface area contributed by atoms with Crippen molar-refractivity contribution in [1.82, 2.24) is 5.32 Å². The first-order valence-corrected chi connectivity index (χ1v) is 6.89. The Balaban J connectivity index is 2.00. The molecule has 0 heterocycles. The Bertz CT molecular complexity index is 628. The van der Waals surface area contributed by atoms with Crippen LogP contribution in [0.25, 0.3) is 0 Å². The Morgan fingerprint density at radius 1 is 1.09 bits per heavy atom. The summed E-state index contributed by atoms with van der Waals surface area (Å²) in [7, 11) is 3.08. The highest BCUT2D eigenvalue weighted by Gasteiger charge is 2.13. The second-order valence-corrected chi connectivity index (χ2v) is 4.71. The number of benzene rings is 2. The van der Waals surface area contributed by atoms with Crippen molar-refractivity contribution in [2.24, 2.45) is 0 Å². The van der Waals surface area contributed by atoms with Crippen molar-refractivity contribution in [2.75, 3.05) is 20.8 Å². The van der Waals surface area contributed by atoms with E-state index in [0.29, 0.717) is 22.6 Å². The van der Waals surface area contributed by atoms with Crippen LogP contribution in [-0.2, 0) is 0 Å². The molecular formula is C17H19NO4. The molecule has 0 aliphatic heterocycles. The molecule has 0 saturated heterocycles. The molecule has 0 unspecified atom stereocenters. The average Bonchev–Trinajstić information content (AvgIpc) is 2.59.